The molecule has 1 fully saturated rings. The van der Waals surface area contributed by atoms with E-state index in [1.54, 1.807) is 23.1 Å². The number of aryl methyl sites for hydroxylation is 1. The Bertz CT molecular complexity index is 1530. The molecule has 230 valence electrons. The third-order valence-corrected chi connectivity index (χ3v) is 9.34. The van der Waals surface area contributed by atoms with Gasteiger partial charge in [-0.2, -0.15) is 0 Å². The molecule has 1 aliphatic rings. The van der Waals surface area contributed by atoms with E-state index < -0.39 is 18.4 Å². The van der Waals surface area contributed by atoms with E-state index >= 15 is 0 Å². The summed E-state index contributed by atoms with van der Waals surface area (Å²) in [4.78, 5) is 23.4. The molecule has 11 heteroatoms. The molecule has 0 radical (unpaired) electrons. The van der Waals surface area contributed by atoms with Crippen LogP contribution in [0.4, 0.5) is 0 Å². The molecule has 0 saturated carbocycles. The van der Waals surface area contributed by atoms with Crippen molar-refractivity contribution in [1.82, 2.24) is 15.5 Å². The summed E-state index contributed by atoms with van der Waals surface area (Å²) in [5, 5.41) is 21.8. The Labute approximate surface area is 265 Å². The Balaban J connectivity index is 1.40. The molecular weight excluding hydrogens is 599 g/mol. The number of aliphatic hydroxyl groups excluding tert-OH is 1. The number of thioether (sulfide) groups is 1. The summed E-state index contributed by atoms with van der Waals surface area (Å²) in [7, 11) is 0. The minimum absolute atomic E-state index is 0.0321. The fourth-order valence-corrected chi connectivity index (χ4v) is 6.98. The maximum atomic E-state index is 12.3. The molecule has 4 aromatic rings. The summed E-state index contributed by atoms with van der Waals surface area (Å²) in [6.45, 7) is 5.00. The standard InChI is InChI=1S/C33H35N3O6S2/c1-20(40-22(3)38)31(39)34-17-23-9-15-27(16-10-23)32-41-28(19-43-33-36-35-21(2)44-33)29(25-7-5-4-6-8-25)30(42-32)26-13-11-24(18-37)12-14-26/h4-16,20,28-30,32,37H,17-19H2,1-3H3,(H,34,39)/t20-,28+,29+,30-,32?/m0/s1. The number of hydrogen-bond donors (Lipinski definition) is 2. The SMILES string of the molecule is CC(=O)O[C@@H](C)C(=O)NCc1ccc(C2O[C@H](CSc3nnc(C)s3)[C@@H](c3ccccc3)[C@H](c3ccc(CO)cc3)O2)cc1. The molecule has 44 heavy (non-hydrogen) atoms. The average molecular weight is 634 g/mol. The molecule has 1 aromatic heterocycles. The first kappa shape index (κ1) is 31.8. The van der Waals surface area contributed by atoms with E-state index in [4.69, 9.17) is 14.2 Å². The Morgan fingerprint density at radius 2 is 1.64 bits per heavy atom. The fraction of sp³-hybridized carbons (Fsp3) is 0.333. The van der Waals surface area contributed by atoms with Gasteiger partial charge >= 0.3 is 5.97 Å². The number of nitrogens with zero attached hydrogens (tertiary/aromatic N) is 2. The molecule has 0 spiro atoms. The number of hydrogen-bond acceptors (Lipinski definition) is 10. The second-order valence-electron chi connectivity index (χ2n) is 10.5. The van der Waals surface area contributed by atoms with Crippen molar-refractivity contribution in [3.8, 4) is 0 Å². The maximum Gasteiger partial charge on any atom is 0.303 e. The van der Waals surface area contributed by atoms with Crippen molar-refractivity contribution in [3.05, 3.63) is 112 Å². The van der Waals surface area contributed by atoms with Crippen LogP contribution < -0.4 is 5.32 Å². The van der Waals surface area contributed by atoms with Gasteiger partial charge in [-0.15, -0.1) is 10.2 Å². The topological polar surface area (TPSA) is 120 Å². The quantitative estimate of drug-likeness (QED) is 0.160. The van der Waals surface area contributed by atoms with Gasteiger partial charge in [-0.25, -0.2) is 0 Å². The third kappa shape index (κ3) is 8.10. The highest BCUT2D eigenvalue weighted by Gasteiger charge is 2.42. The van der Waals surface area contributed by atoms with Crippen molar-refractivity contribution in [2.45, 2.75) is 68.8 Å². The zero-order chi connectivity index (χ0) is 31.1. The minimum Gasteiger partial charge on any atom is -0.453 e. The molecule has 1 amide bonds. The highest BCUT2D eigenvalue weighted by molar-refractivity contribution is 8.01. The number of carbonyl (C=O) groups is 2. The second-order valence-corrected chi connectivity index (χ2v) is 13.0. The molecule has 5 atom stereocenters. The summed E-state index contributed by atoms with van der Waals surface area (Å²) < 4.78 is 19.3. The minimum atomic E-state index is -0.865. The van der Waals surface area contributed by atoms with Crippen molar-refractivity contribution < 1.29 is 28.9 Å². The van der Waals surface area contributed by atoms with E-state index in [2.05, 4.69) is 27.6 Å². The zero-order valence-electron chi connectivity index (χ0n) is 24.7. The van der Waals surface area contributed by atoms with Crippen molar-refractivity contribution in [2.24, 2.45) is 0 Å². The fourth-order valence-electron chi connectivity index (χ4n) is 5.07. The van der Waals surface area contributed by atoms with Crippen LogP contribution >= 0.6 is 23.1 Å². The van der Waals surface area contributed by atoms with Gasteiger partial charge in [0.2, 0.25) is 0 Å². The first-order chi connectivity index (χ1) is 21.3. The van der Waals surface area contributed by atoms with Crippen LogP contribution in [0.5, 0.6) is 0 Å². The first-order valence-corrected chi connectivity index (χ1v) is 16.1. The lowest BCUT2D eigenvalue weighted by Gasteiger charge is -2.43. The molecule has 1 aliphatic heterocycles. The number of benzene rings is 3. The number of rotatable bonds is 11. The van der Waals surface area contributed by atoms with Crippen molar-refractivity contribution in [1.29, 1.82) is 0 Å². The largest absolute Gasteiger partial charge is 0.453 e. The van der Waals surface area contributed by atoms with E-state index in [9.17, 15) is 14.7 Å². The lowest BCUT2D eigenvalue weighted by Crippen LogP contribution is -2.38. The zero-order valence-corrected chi connectivity index (χ0v) is 26.3. The highest BCUT2D eigenvalue weighted by Crippen LogP contribution is 2.48. The van der Waals surface area contributed by atoms with Crippen molar-refractivity contribution >= 4 is 35.0 Å². The summed E-state index contributed by atoms with van der Waals surface area (Å²) in [6, 6.07) is 25.8. The summed E-state index contributed by atoms with van der Waals surface area (Å²) in [6.07, 6.45) is -2.07. The molecule has 1 saturated heterocycles. The number of aromatic nitrogens is 2. The van der Waals surface area contributed by atoms with E-state index in [1.165, 1.54) is 13.8 Å². The molecular formula is C33H35N3O6S2. The van der Waals surface area contributed by atoms with Crippen LogP contribution in [-0.2, 0) is 37.0 Å². The maximum absolute atomic E-state index is 12.3. The molecule has 1 unspecified atom stereocenters. The lowest BCUT2D eigenvalue weighted by molar-refractivity contribution is -0.255. The lowest BCUT2D eigenvalue weighted by atomic mass is 9.84. The van der Waals surface area contributed by atoms with Crippen LogP contribution in [0.15, 0.2) is 83.2 Å². The summed E-state index contributed by atoms with van der Waals surface area (Å²) in [5.74, 6) is -0.334. The van der Waals surface area contributed by atoms with Crippen LogP contribution in [0.25, 0.3) is 0 Å². The monoisotopic (exact) mass is 633 g/mol. The number of carbonyl (C=O) groups excluding carboxylic acids is 2. The van der Waals surface area contributed by atoms with Gasteiger partial charge in [0.15, 0.2) is 16.7 Å². The van der Waals surface area contributed by atoms with Crippen LogP contribution in [-0.4, -0.2) is 45.1 Å². The van der Waals surface area contributed by atoms with E-state index in [-0.39, 0.29) is 37.2 Å². The van der Waals surface area contributed by atoms with Gasteiger partial charge in [0.25, 0.3) is 5.91 Å². The van der Waals surface area contributed by atoms with Crippen LogP contribution in [0, 0.1) is 6.92 Å². The Morgan fingerprint density at radius 3 is 2.27 bits per heavy atom. The number of ether oxygens (including phenoxy) is 3. The van der Waals surface area contributed by atoms with E-state index in [0.29, 0.717) is 5.75 Å². The third-order valence-electron chi connectivity index (χ3n) is 7.28. The normalized spacial score (nSPS) is 20.5. The van der Waals surface area contributed by atoms with Gasteiger partial charge in [-0.3, -0.25) is 9.59 Å². The molecule has 9 nitrogen and oxygen atoms in total. The van der Waals surface area contributed by atoms with Gasteiger partial charge in [0.1, 0.15) is 5.01 Å². The van der Waals surface area contributed by atoms with Gasteiger partial charge in [0, 0.05) is 30.7 Å². The van der Waals surface area contributed by atoms with Gasteiger partial charge in [-0.1, -0.05) is 102 Å². The van der Waals surface area contributed by atoms with Crippen LogP contribution in [0.1, 0.15) is 65.0 Å². The molecule has 2 heterocycles. The van der Waals surface area contributed by atoms with Crippen molar-refractivity contribution in [2.75, 3.05) is 5.75 Å². The summed E-state index contributed by atoms with van der Waals surface area (Å²) in [5.41, 5.74) is 4.66. The van der Waals surface area contributed by atoms with Crippen molar-refractivity contribution in [3.63, 3.8) is 0 Å². The Morgan fingerprint density at radius 1 is 0.955 bits per heavy atom. The molecule has 2 N–H and O–H groups in total. The van der Waals surface area contributed by atoms with E-state index in [0.717, 1.165) is 37.2 Å². The molecule has 3 aromatic carbocycles. The predicted molar refractivity (Wildman–Crippen MR) is 168 cm³/mol. The predicted octanol–water partition coefficient (Wildman–Crippen LogP) is 5.64. The number of nitrogens with one attached hydrogen (secondary N) is 1. The number of aliphatic hydroxyl groups is 1. The average Bonchev–Trinajstić information content (AvgIpc) is 3.47. The van der Waals surface area contributed by atoms with E-state index in [1.807, 2.05) is 73.7 Å². The van der Waals surface area contributed by atoms with Crippen LogP contribution in [0.3, 0.4) is 0 Å². The number of amides is 1. The van der Waals surface area contributed by atoms with Crippen LogP contribution in [0.2, 0.25) is 0 Å². The highest BCUT2D eigenvalue weighted by atomic mass is 32.2. The molecule has 0 aliphatic carbocycles. The Hall–Kier alpha value is -3.61. The van der Waals surface area contributed by atoms with Gasteiger partial charge in [0.05, 0.1) is 18.8 Å². The Kier molecular flexibility index (Phi) is 10.8. The first-order valence-electron chi connectivity index (χ1n) is 14.3. The summed E-state index contributed by atoms with van der Waals surface area (Å²) >= 11 is 3.18. The van der Waals surface area contributed by atoms with Gasteiger partial charge < -0.3 is 24.6 Å². The molecule has 5 rings (SSSR count). The second kappa shape index (κ2) is 14.9. The molecule has 0 bridgehead atoms. The smallest absolute Gasteiger partial charge is 0.303 e. The van der Waals surface area contributed by atoms with Gasteiger partial charge in [-0.05, 0) is 36.1 Å². The number of esters is 1.